The SMILES string of the molecule is [2H]c1ccc(-c2ccc3oc4ccccc4c3c2-c2c3c([2H])c([2H])c([2H])c([2H])c3c(-c3c([2H])c([2H])c([2H])c(-c4ccccc4)c3[2H])c3c([2H])c([2H])c([2H])c([2H])c23)cc1. The largest absolute Gasteiger partial charge is 0.456 e. The van der Waals surface area contributed by atoms with Gasteiger partial charge in [-0.15, -0.1) is 0 Å². The first-order valence-electron chi connectivity index (χ1n) is 20.9. The molecule has 0 bridgehead atoms. The minimum absolute atomic E-state index is 0.0292. The lowest BCUT2D eigenvalue weighted by molar-refractivity contribution is 0.669. The van der Waals surface area contributed by atoms with Gasteiger partial charge in [0.15, 0.2) is 0 Å². The van der Waals surface area contributed by atoms with Crippen molar-refractivity contribution in [3.8, 4) is 44.5 Å². The summed E-state index contributed by atoms with van der Waals surface area (Å²) in [5, 5.41) is 0.382. The summed E-state index contributed by atoms with van der Waals surface area (Å²) in [5.74, 6) is 0. The summed E-state index contributed by atoms with van der Waals surface area (Å²) in [6.07, 6.45) is 0. The van der Waals surface area contributed by atoms with Crippen molar-refractivity contribution < 1.29 is 22.2 Å². The maximum atomic E-state index is 9.61. The Morgan fingerprint density at radius 2 is 1.00 bits per heavy atom. The lowest BCUT2D eigenvalue weighted by Gasteiger charge is -2.20. The molecule has 0 amide bonds. The Bertz CT molecular complexity index is 3170. The van der Waals surface area contributed by atoms with Crippen LogP contribution in [0, 0.1) is 0 Å². The van der Waals surface area contributed by atoms with Crippen LogP contribution in [0.1, 0.15) is 17.8 Å². The molecular weight excluding hydrogens is 544 g/mol. The lowest BCUT2D eigenvalue weighted by atomic mass is 9.82. The van der Waals surface area contributed by atoms with E-state index in [0.717, 1.165) is 0 Å². The summed E-state index contributed by atoms with van der Waals surface area (Å²) in [7, 11) is 0. The first kappa shape index (κ1) is 15.7. The van der Waals surface area contributed by atoms with E-state index in [2.05, 4.69) is 0 Å². The van der Waals surface area contributed by atoms with Gasteiger partial charge >= 0.3 is 0 Å². The van der Waals surface area contributed by atoms with Crippen LogP contribution in [0.2, 0.25) is 0 Å². The van der Waals surface area contributed by atoms with Crippen molar-refractivity contribution >= 4 is 43.5 Å². The van der Waals surface area contributed by atoms with Crippen LogP contribution in [0.5, 0.6) is 0 Å². The standard InChI is InChI=1S/C44H28O/c1-3-14-29(15-4-1)31-18-13-19-32(28-31)41-34-20-7-9-22-36(34)42(37-23-10-8-21-35(37)41)44-33(30-16-5-2-6-17-30)26-27-40-43(44)38-24-11-12-25-39(38)45-40/h1-28H/i2D,7D,8D,9D,10D,13D,18D,19D,20D,21D,22D,23D,28D. The number of benzene rings is 8. The van der Waals surface area contributed by atoms with Crippen LogP contribution in [0.3, 0.4) is 0 Å². The van der Waals surface area contributed by atoms with E-state index in [4.69, 9.17) is 14.0 Å². The third-order valence-corrected chi connectivity index (χ3v) is 8.14. The molecule has 0 radical (unpaired) electrons. The fraction of sp³-hybridized carbons (Fsp3) is 0. The topological polar surface area (TPSA) is 13.1 Å². The normalized spacial score (nSPS) is 15.6. The molecule has 0 saturated heterocycles. The molecular formula is C44H28O. The Balaban J connectivity index is 1.64. The Hall–Kier alpha value is -5.92. The van der Waals surface area contributed by atoms with Crippen molar-refractivity contribution in [2.24, 2.45) is 0 Å². The monoisotopic (exact) mass is 585 g/mol. The number of hydrogen-bond acceptors (Lipinski definition) is 1. The predicted octanol–water partition coefficient (Wildman–Crippen LogP) is 12.6. The number of fused-ring (bicyclic) bond motifs is 5. The highest BCUT2D eigenvalue weighted by Gasteiger charge is 2.23. The Labute approximate surface area is 279 Å². The van der Waals surface area contributed by atoms with Gasteiger partial charge in [-0.05, 0) is 78.7 Å². The Morgan fingerprint density at radius 3 is 1.73 bits per heavy atom. The maximum Gasteiger partial charge on any atom is 0.136 e. The predicted molar refractivity (Wildman–Crippen MR) is 190 cm³/mol. The lowest BCUT2D eigenvalue weighted by Crippen LogP contribution is -1.94. The van der Waals surface area contributed by atoms with Gasteiger partial charge < -0.3 is 4.42 Å². The third-order valence-electron chi connectivity index (χ3n) is 8.14. The van der Waals surface area contributed by atoms with Gasteiger partial charge in [0.05, 0.1) is 17.8 Å². The van der Waals surface area contributed by atoms with Gasteiger partial charge in [-0.3, -0.25) is 0 Å². The summed E-state index contributed by atoms with van der Waals surface area (Å²) in [4.78, 5) is 0. The maximum absolute atomic E-state index is 9.61. The van der Waals surface area contributed by atoms with Crippen molar-refractivity contribution in [3.63, 3.8) is 0 Å². The molecule has 8 aromatic carbocycles. The highest BCUT2D eigenvalue weighted by molar-refractivity contribution is 6.27. The van der Waals surface area contributed by atoms with E-state index in [-0.39, 0.29) is 49.8 Å². The van der Waals surface area contributed by atoms with Gasteiger partial charge in [-0.2, -0.15) is 0 Å². The molecule has 0 saturated carbocycles. The summed E-state index contributed by atoms with van der Waals surface area (Å²) in [6, 6.07) is 19.1. The molecule has 0 fully saturated rings. The van der Waals surface area contributed by atoms with Crippen LogP contribution in [-0.2, 0) is 0 Å². The van der Waals surface area contributed by atoms with Gasteiger partial charge in [-0.1, -0.05) is 151 Å². The molecule has 9 aromatic rings. The summed E-state index contributed by atoms with van der Waals surface area (Å²) in [5.41, 5.74) is 2.15. The second-order valence-electron chi connectivity index (χ2n) is 10.6. The molecule has 0 N–H and O–H groups in total. The van der Waals surface area contributed by atoms with Gasteiger partial charge in [0, 0.05) is 16.3 Å². The third kappa shape index (κ3) is 4.09. The van der Waals surface area contributed by atoms with Crippen LogP contribution in [-0.4, -0.2) is 0 Å². The molecule has 1 heteroatoms. The molecule has 9 rings (SSSR count). The number of hydrogen-bond donors (Lipinski definition) is 0. The molecule has 0 unspecified atom stereocenters. The first-order chi connectivity index (χ1) is 27.7. The van der Waals surface area contributed by atoms with Gasteiger partial charge in [-0.25, -0.2) is 0 Å². The smallest absolute Gasteiger partial charge is 0.136 e. The minimum Gasteiger partial charge on any atom is -0.456 e. The fourth-order valence-corrected chi connectivity index (χ4v) is 6.23. The van der Waals surface area contributed by atoms with E-state index in [1.807, 2.05) is 12.1 Å². The molecule has 0 aliphatic rings. The molecule has 45 heavy (non-hydrogen) atoms. The highest BCUT2D eigenvalue weighted by atomic mass is 16.3. The zero-order valence-corrected chi connectivity index (χ0v) is 23.6. The number of para-hydroxylation sites is 1. The molecule has 210 valence electrons. The molecule has 0 aliphatic heterocycles. The van der Waals surface area contributed by atoms with E-state index in [0.29, 0.717) is 44.2 Å². The molecule has 0 spiro atoms. The van der Waals surface area contributed by atoms with Gasteiger partial charge in [0.1, 0.15) is 11.2 Å². The van der Waals surface area contributed by atoms with E-state index >= 15 is 0 Å². The van der Waals surface area contributed by atoms with Crippen LogP contribution < -0.4 is 0 Å². The first-order valence-corrected chi connectivity index (χ1v) is 14.4. The van der Waals surface area contributed by atoms with E-state index in [1.165, 1.54) is 0 Å². The minimum atomic E-state index is -0.660. The molecule has 1 aromatic heterocycles. The van der Waals surface area contributed by atoms with Gasteiger partial charge in [0.25, 0.3) is 0 Å². The van der Waals surface area contributed by atoms with E-state index in [1.54, 1.807) is 78.9 Å². The van der Waals surface area contributed by atoms with Crippen molar-refractivity contribution in [2.75, 3.05) is 0 Å². The highest BCUT2D eigenvalue weighted by Crippen LogP contribution is 2.50. The van der Waals surface area contributed by atoms with Crippen LogP contribution in [0.15, 0.2) is 174 Å². The van der Waals surface area contributed by atoms with Crippen LogP contribution >= 0.6 is 0 Å². The fourth-order valence-electron chi connectivity index (χ4n) is 6.23. The molecule has 0 aliphatic carbocycles. The summed E-state index contributed by atoms with van der Waals surface area (Å²) in [6.45, 7) is 0. The van der Waals surface area contributed by atoms with E-state index < -0.39 is 72.5 Å². The Kier molecular flexibility index (Phi) is 3.62. The quantitative estimate of drug-likeness (QED) is 0.187. The van der Waals surface area contributed by atoms with Crippen LogP contribution in [0.25, 0.3) is 88.0 Å². The van der Waals surface area contributed by atoms with E-state index in [9.17, 15) is 8.22 Å². The van der Waals surface area contributed by atoms with Gasteiger partial charge in [0.2, 0.25) is 0 Å². The van der Waals surface area contributed by atoms with Crippen molar-refractivity contribution in [3.05, 3.63) is 170 Å². The van der Waals surface area contributed by atoms with Crippen molar-refractivity contribution in [2.45, 2.75) is 0 Å². The zero-order chi connectivity index (χ0) is 41.1. The Morgan fingerprint density at radius 1 is 0.378 bits per heavy atom. The second-order valence-corrected chi connectivity index (χ2v) is 10.6. The molecule has 1 nitrogen and oxygen atoms in total. The summed E-state index contributed by atoms with van der Waals surface area (Å²) >= 11 is 0. The summed E-state index contributed by atoms with van der Waals surface area (Å²) < 4.78 is 125. The van der Waals surface area contributed by atoms with Crippen LogP contribution in [0.4, 0.5) is 0 Å². The molecule has 1 heterocycles. The number of rotatable bonds is 4. The average molecular weight is 586 g/mol. The zero-order valence-electron chi connectivity index (χ0n) is 36.6. The van der Waals surface area contributed by atoms with Crippen molar-refractivity contribution in [1.82, 2.24) is 0 Å². The van der Waals surface area contributed by atoms with Crippen molar-refractivity contribution in [1.29, 1.82) is 0 Å². The average Bonchev–Trinajstić information content (AvgIpc) is 3.61. The second kappa shape index (κ2) is 10.4. The number of furan rings is 1. The molecule has 0 atom stereocenters.